The highest BCUT2D eigenvalue weighted by atomic mass is 16.5. The fourth-order valence-corrected chi connectivity index (χ4v) is 3.49. The van der Waals surface area contributed by atoms with Crippen LogP contribution >= 0.6 is 0 Å². The number of carbonyl (C=O) groups excluding carboxylic acids is 2. The van der Waals surface area contributed by atoms with E-state index in [-0.39, 0.29) is 24.3 Å². The van der Waals surface area contributed by atoms with E-state index in [0.29, 0.717) is 32.6 Å². The van der Waals surface area contributed by atoms with Crippen LogP contribution in [0, 0.1) is 5.92 Å². The predicted molar refractivity (Wildman–Crippen MR) is 92.6 cm³/mol. The van der Waals surface area contributed by atoms with Crippen molar-refractivity contribution in [2.75, 3.05) is 26.2 Å². The Hall–Kier alpha value is -1.92. The molecule has 2 heterocycles. The summed E-state index contributed by atoms with van der Waals surface area (Å²) in [4.78, 5) is 28.1. The molecule has 0 bridgehead atoms. The lowest BCUT2D eigenvalue weighted by atomic mass is 10.00. The summed E-state index contributed by atoms with van der Waals surface area (Å²) >= 11 is 0. The second-order valence-corrected chi connectivity index (χ2v) is 7.41. The minimum atomic E-state index is -0.985. The second-order valence-electron chi connectivity index (χ2n) is 7.41. The van der Waals surface area contributed by atoms with Crippen molar-refractivity contribution in [1.82, 2.24) is 9.80 Å². The summed E-state index contributed by atoms with van der Waals surface area (Å²) in [7, 11) is 0. The highest BCUT2D eigenvalue weighted by Gasteiger charge is 2.47. The number of hydrogen-bond donors (Lipinski definition) is 1. The van der Waals surface area contributed by atoms with Crippen LogP contribution in [0.25, 0.3) is 0 Å². The normalized spacial score (nSPS) is 25.0. The van der Waals surface area contributed by atoms with E-state index in [2.05, 4.69) is 0 Å². The standard InChI is InChI=1S/C19H26N2O4/c1-14(2)17(23)18(24)20-9-8-19(12-20)13-21(16(22)11-25-19)10-15-6-4-3-5-7-15/h3-7,14,17,23H,8-13H2,1-2H3/t17-,19?/m1/s1. The Morgan fingerprint density at radius 1 is 1.28 bits per heavy atom. The van der Waals surface area contributed by atoms with Crippen molar-refractivity contribution in [3.63, 3.8) is 0 Å². The number of benzene rings is 1. The van der Waals surface area contributed by atoms with Gasteiger partial charge in [-0.05, 0) is 17.9 Å². The quantitative estimate of drug-likeness (QED) is 0.884. The largest absolute Gasteiger partial charge is 0.383 e. The van der Waals surface area contributed by atoms with Gasteiger partial charge in [-0.1, -0.05) is 44.2 Å². The van der Waals surface area contributed by atoms with E-state index in [4.69, 9.17) is 4.74 Å². The molecule has 1 aromatic rings. The molecule has 2 aliphatic rings. The Labute approximate surface area is 148 Å². The predicted octanol–water partition coefficient (Wildman–Crippen LogP) is 1.03. The number of amides is 2. The number of ether oxygens (including phenoxy) is 1. The molecule has 2 fully saturated rings. The van der Waals surface area contributed by atoms with Gasteiger partial charge in [0.05, 0.1) is 13.1 Å². The Kier molecular flexibility index (Phi) is 5.11. The first-order chi connectivity index (χ1) is 11.9. The number of likely N-dealkylation sites (tertiary alicyclic amines) is 1. The van der Waals surface area contributed by atoms with E-state index in [0.717, 1.165) is 5.56 Å². The Morgan fingerprint density at radius 3 is 2.68 bits per heavy atom. The lowest BCUT2D eigenvalue weighted by molar-refractivity contribution is -0.164. The number of hydrogen-bond acceptors (Lipinski definition) is 4. The first kappa shape index (κ1) is 17.9. The van der Waals surface area contributed by atoms with Crippen LogP contribution in [0.15, 0.2) is 30.3 Å². The SMILES string of the molecule is CC(C)[C@@H](O)C(=O)N1CCC2(CN(Cc3ccccc3)C(=O)CO2)C1. The maximum Gasteiger partial charge on any atom is 0.251 e. The molecule has 0 radical (unpaired) electrons. The van der Waals surface area contributed by atoms with Gasteiger partial charge < -0.3 is 19.6 Å². The van der Waals surface area contributed by atoms with Crippen molar-refractivity contribution in [3.8, 4) is 0 Å². The molecule has 3 rings (SSSR count). The fourth-order valence-electron chi connectivity index (χ4n) is 3.49. The number of nitrogens with zero attached hydrogens (tertiary/aromatic N) is 2. The van der Waals surface area contributed by atoms with Gasteiger partial charge in [-0.15, -0.1) is 0 Å². The van der Waals surface area contributed by atoms with E-state index in [1.165, 1.54) is 0 Å². The molecule has 2 aliphatic heterocycles. The molecule has 2 atom stereocenters. The van der Waals surface area contributed by atoms with Crippen molar-refractivity contribution in [2.45, 2.75) is 38.5 Å². The van der Waals surface area contributed by atoms with Crippen LogP contribution in [0.4, 0.5) is 0 Å². The highest BCUT2D eigenvalue weighted by Crippen LogP contribution is 2.31. The molecule has 6 heteroatoms. The Balaban J connectivity index is 1.66. The minimum absolute atomic E-state index is 0.0264. The fraction of sp³-hybridized carbons (Fsp3) is 0.579. The van der Waals surface area contributed by atoms with Crippen molar-refractivity contribution in [1.29, 1.82) is 0 Å². The van der Waals surface area contributed by atoms with Gasteiger partial charge in [0.15, 0.2) is 0 Å². The van der Waals surface area contributed by atoms with Gasteiger partial charge in [-0.2, -0.15) is 0 Å². The Morgan fingerprint density at radius 2 is 2.00 bits per heavy atom. The first-order valence-corrected chi connectivity index (χ1v) is 8.83. The molecule has 1 N–H and O–H groups in total. The smallest absolute Gasteiger partial charge is 0.251 e. The number of carbonyl (C=O) groups is 2. The summed E-state index contributed by atoms with van der Waals surface area (Å²) in [5, 5.41) is 10.0. The number of aliphatic hydroxyl groups is 1. The van der Waals surface area contributed by atoms with Crippen molar-refractivity contribution >= 4 is 11.8 Å². The first-order valence-electron chi connectivity index (χ1n) is 8.83. The van der Waals surface area contributed by atoms with E-state index in [1.54, 1.807) is 4.90 Å². The molecule has 2 saturated heterocycles. The maximum absolute atomic E-state index is 12.4. The molecule has 6 nitrogen and oxygen atoms in total. The van der Waals surface area contributed by atoms with Crippen LogP contribution in [-0.4, -0.2) is 64.7 Å². The van der Waals surface area contributed by atoms with Crippen molar-refractivity contribution in [2.24, 2.45) is 5.92 Å². The molecule has 1 aromatic carbocycles. The molecule has 0 saturated carbocycles. The summed E-state index contributed by atoms with van der Waals surface area (Å²) in [6.07, 6.45) is -0.303. The average molecular weight is 346 g/mol. The number of aliphatic hydroxyl groups excluding tert-OH is 1. The van der Waals surface area contributed by atoms with Crippen molar-refractivity contribution < 1.29 is 19.4 Å². The summed E-state index contributed by atoms with van der Waals surface area (Å²) in [5.41, 5.74) is 0.559. The molecule has 136 valence electrons. The molecular formula is C19H26N2O4. The van der Waals surface area contributed by atoms with E-state index < -0.39 is 11.7 Å². The Bertz CT molecular complexity index is 634. The van der Waals surface area contributed by atoms with E-state index in [9.17, 15) is 14.7 Å². The monoisotopic (exact) mass is 346 g/mol. The summed E-state index contributed by atoms with van der Waals surface area (Å²) in [6.45, 7) is 5.69. The topological polar surface area (TPSA) is 70.1 Å². The molecule has 0 aromatic heterocycles. The van der Waals surface area contributed by atoms with Gasteiger partial charge in [0.1, 0.15) is 18.3 Å². The zero-order valence-electron chi connectivity index (χ0n) is 14.9. The van der Waals surface area contributed by atoms with E-state index >= 15 is 0 Å². The van der Waals surface area contributed by atoms with E-state index in [1.807, 2.05) is 49.1 Å². The third-order valence-electron chi connectivity index (χ3n) is 5.06. The molecule has 1 unspecified atom stereocenters. The van der Waals surface area contributed by atoms with Gasteiger partial charge in [0.2, 0.25) is 5.91 Å². The van der Waals surface area contributed by atoms with Crippen LogP contribution in [0.3, 0.4) is 0 Å². The van der Waals surface area contributed by atoms with Gasteiger partial charge in [0, 0.05) is 13.1 Å². The molecule has 25 heavy (non-hydrogen) atoms. The van der Waals surface area contributed by atoms with Crippen LogP contribution < -0.4 is 0 Å². The summed E-state index contributed by atoms with van der Waals surface area (Å²) in [5.74, 6) is -0.393. The third kappa shape index (κ3) is 3.85. The average Bonchev–Trinajstić information content (AvgIpc) is 3.01. The third-order valence-corrected chi connectivity index (χ3v) is 5.06. The lowest BCUT2D eigenvalue weighted by Gasteiger charge is -2.40. The van der Waals surface area contributed by atoms with Gasteiger partial charge in [-0.25, -0.2) is 0 Å². The van der Waals surface area contributed by atoms with Crippen LogP contribution in [0.5, 0.6) is 0 Å². The van der Waals surface area contributed by atoms with Crippen LogP contribution in [0.1, 0.15) is 25.8 Å². The van der Waals surface area contributed by atoms with Gasteiger partial charge in [-0.3, -0.25) is 9.59 Å². The summed E-state index contributed by atoms with van der Waals surface area (Å²) in [6, 6.07) is 9.86. The molecule has 2 amide bonds. The van der Waals surface area contributed by atoms with Crippen LogP contribution in [0.2, 0.25) is 0 Å². The lowest BCUT2D eigenvalue weighted by Crippen LogP contribution is -2.56. The van der Waals surface area contributed by atoms with Gasteiger partial charge >= 0.3 is 0 Å². The number of morpholine rings is 1. The zero-order valence-corrected chi connectivity index (χ0v) is 14.9. The maximum atomic E-state index is 12.4. The van der Waals surface area contributed by atoms with Gasteiger partial charge in [0.25, 0.3) is 5.91 Å². The zero-order chi connectivity index (χ0) is 18.0. The van der Waals surface area contributed by atoms with Crippen molar-refractivity contribution in [3.05, 3.63) is 35.9 Å². The summed E-state index contributed by atoms with van der Waals surface area (Å²) < 4.78 is 5.86. The second kappa shape index (κ2) is 7.14. The minimum Gasteiger partial charge on any atom is -0.383 e. The highest BCUT2D eigenvalue weighted by molar-refractivity contribution is 5.81. The molecule has 1 spiro atoms. The molecular weight excluding hydrogens is 320 g/mol. The van der Waals surface area contributed by atoms with Crippen LogP contribution in [-0.2, 0) is 20.9 Å². The molecule has 0 aliphatic carbocycles. The number of rotatable bonds is 4.